The summed E-state index contributed by atoms with van der Waals surface area (Å²) in [5, 5.41) is 10.6. The van der Waals surface area contributed by atoms with E-state index in [2.05, 4.69) is 39.6 Å². The van der Waals surface area contributed by atoms with Gasteiger partial charge in [0.05, 0.1) is 13.3 Å². The van der Waals surface area contributed by atoms with Gasteiger partial charge in [-0.1, -0.05) is 36.1 Å². The summed E-state index contributed by atoms with van der Waals surface area (Å²) in [7, 11) is 1.53. The van der Waals surface area contributed by atoms with Crippen molar-refractivity contribution < 1.29 is 19.1 Å². The average molecular weight is 440 g/mol. The number of nitrogens with zero attached hydrogens (tertiary/aromatic N) is 3. The van der Waals surface area contributed by atoms with Crippen LogP contribution in [-0.4, -0.2) is 33.1 Å². The van der Waals surface area contributed by atoms with Crippen molar-refractivity contribution in [1.29, 1.82) is 0 Å². The largest absolute Gasteiger partial charge is 0.494 e. The van der Waals surface area contributed by atoms with Crippen molar-refractivity contribution in [3.05, 3.63) is 71.6 Å². The minimum atomic E-state index is -1.15. The Kier molecular flexibility index (Phi) is 7.04. The maximum Gasteiger partial charge on any atom is 0.268 e. The molecule has 2 aromatic heterocycles. The van der Waals surface area contributed by atoms with Crippen LogP contribution >= 0.6 is 0 Å². The number of methoxy groups -OCH3 is 1. The van der Waals surface area contributed by atoms with E-state index < -0.39 is 12.0 Å². The highest BCUT2D eigenvalue weighted by Crippen LogP contribution is 2.28. The van der Waals surface area contributed by atoms with Gasteiger partial charge in [-0.05, 0) is 25.1 Å². The molecule has 4 aromatic rings. The number of aryl methyl sites for hydroxylation is 1. The Morgan fingerprint density at radius 2 is 1.97 bits per heavy atom. The highest BCUT2D eigenvalue weighted by Gasteiger charge is 2.16. The quantitative estimate of drug-likeness (QED) is 0.467. The van der Waals surface area contributed by atoms with E-state index in [9.17, 15) is 9.90 Å². The van der Waals surface area contributed by atoms with E-state index in [1.165, 1.54) is 13.3 Å². The lowest BCUT2D eigenvalue weighted by molar-refractivity contribution is 0.0997. The van der Waals surface area contributed by atoms with Crippen LogP contribution in [0.2, 0.25) is 0 Å². The molecule has 0 saturated heterocycles. The summed E-state index contributed by atoms with van der Waals surface area (Å²) in [5.74, 6) is 6.46. The normalized spacial score (nSPS) is 10.9. The Balaban J connectivity index is 0.00000149. The third kappa shape index (κ3) is 4.99. The molecule has 1 atom stereocenters. The number of carbonyl (C=O) groups excluding carboxylic acids is 1. The van der Waals surface area contributed by atoms with E-state index in [0.717, 1.165) is 0 Å². The highest BCUT2D eigenvalue weighted by molar-refractivity contribution is 6.05. The van der Waals surface area contributed by atoms with Crippen molar-refractivity contribution in [3.63, 3.8) is 0 Å². The Labute approximate surface area is 190 Å². The Morgan fingerprint density at radius 1 is 1.21 bits per heavy atom. The van der Waals surface area contributed by atoms with Crippen LogP contribution in [0.5, 0.6) is 5.75 Å². The van der Waals surface area contributed by atoms with Gasteiger partial charge in [-0.3, -0.25) is 4.79 Å². The number of aliphatic hydroxyl groups excluding tert-OH is 1. The van der Waals surface area contributed by atoms with E-state index >= 15 is 0 Å². The van der Waals surface area contributed by atoms with Gasteiger partial charge in [-0.15, -0.1) is 12.8 Å². The first kappa shape index (κ1) is 23.0. The molecule has 0 aliphatic heterocycles. The molecule has 164 valence electrons. The molecule has 0 bridgehead atoms. The van der Waals surface area contributed by atoms with E-state index in [-0.39, 0.29) is 11.6 Å². The highest BCUT2D eigenvalue weighted by atomic mass is 16.5. The standard InChI is InChI=1S/C23H18N4O4.C2H2/c1-13-12-25-23(31-13)17(28)10-9-14-5-3-6-15(11-14)22-26-19-16(20(27-22)21(24)29)7-4-8-18(19)30-2;1-2/h3-8,11-12,17,28H,1-2H3,(H2,24,29);1-2H/t17-;/m0./s1. The number of nitrogens with two attached hydrogens (primary N) is 1. The fourth-order valence-corrected chi connectivity index (χ4v) is 3.06. The zero-order chi connectivity index (χ0) is 24.0. The molecular weight excluding hydrogens is 420 g/mol. The lowest BCUT2D eigenvalue weighted by Crippen LogP contribution is -2.15. The van der Waals surface area contributed by atoms with Crippen LogP contribution in [0.4, 0.5) is 0 Å². The number of amides is 1. The second kappa shape index (κ2) is 10.1. The zero-order valence-corrected chi connectivity index (χ0v) is 17.9. The number of benzene rings is 2. The fraction of sp³-hybridized carbons (Fsp3) is 0.120. The number of ether oxygens (including phenoxy) is 1. The number of hydrogen-bond donors (Lipinski definition) is 2. The molecule has 0 unspecified atom stereocenters. The van der Waals surface area contributed by atoms with Gasteiger partial charge in [-0.25, -0.2) is 15.0 Å². The maximum atomic E-state index is 12.0. The average Bonchev–Trinajstić information content (AvgIpc) is 3.29. The summed E-state index contributed by atoms with van der Waals surface area (Å²) in [6.45, 7) is 1.74. The molecule has 2 heterocycles. The second-order valence-corrected chi connectivity index (χ2v) is 6.68. The molecule has 0 radical (unpaired) electrons. The van der Waals surface area contributed by atoms with Gasteiger partial charge in [-0.2, -0.15) is 0 Å². The lowest BCUT2D eigenvalue weighted by atomic mass is 10.1. The van der Waals surface area contributed by atoms with Crippen molar-refractivity contribution in [3.8, 4) is 41.8 Å². The van der Waals surface area contributed by atoms with Gasteiger partial charge in [0.15, 0.2) is 11.9 Å². The molecule has 8 heteroatoms. The maximum absolute atomic E-state index is 12.0. The van der Waals surface area contributed by atoms with Crippen LogP contribution in [-0.2, 0) is 0 Å². The SMILES string of the molecule is C#C.COc1cccc2c(C(N)=O)nc(-c3cccc(C#C[C@H](O)c4ncc(C)o4)c3)nc12. The van der Waals surface area contributed by atoms with Crippen LogP contribution in [0.1, 0.15) is 33.8 Å². The minimum Gasteiger partial charge on any atom is -0.494 e. The Morgan fingerprint density at radius 3 is 2.64 bits per heavy atom. The van der Waals surface area contributed by atoms with Gasteiger partial charge in [0.1, 0.15) is 22.7 Å². The van der Waals surface area contributed by atoms with Crippen molar-refractivity contribution >= 4 is 16.8 Å². The van der Waals surface area contributed by atoms with Gasteiger partial charge >= 0.3 is 0 Å². The number of primary amides is 1. The molecule has 0 fully saturated rings. The molecule has 33 heavy (non-hydrogen) atoms. The Bertz CT molecular complexity index is 1400. The predicted molar refractivity (Wildman–Crippen MR) is 123 cm³/mol. The number of rotatable bonds is 4. The van der Waals surface area contributed by atoms with Crippen molar-refractivity contribution in [2.24, 2.45) is 5.73 Å². The lowest BCUT2D eigenvalue weighted by Gasteiger charge is -2.09. The van der Waals surface area contributed by atoms with E-state index in [1.807, 2.05) is 0 Å². The molecule has 4 rings (SSSR count). The third-order valence-corrected chi connectivity index (χ3v) is 4.49. The topological polar surface area (TPSA) is 124 Å². The number of para-hydroxylation sites is 1. The monoisotopic (exact) mass is 440 g/mol. The Hall–Kier alpha value is -4.66. The van der Waals surface area contributed by atoms with Crippen molar-refractivity contribution in [1.82, 2.24) is 15.0 Å². The molecular formula is C25H20N4O4. The van der Waals surface area contributed by atoms with Crippen LogP contribution in [0, 0.1) is 31.6 Å². The molecule has 0 spiro atoms. The van der Waals surface area contributed by atoms with E-state index in [0.29, 0.717) is 39.4 Å². The summed E-state index contributed by atoms with van der Waals surface area (Å²) in [6, 6.07) is 12.3. The molecule has 3 N–H and O–H groups in total. The first-order valence-corrected chi connectivity index (χ1v) is 9.66. The first-order valence-electron chi connectivity index (χ1n) is 9.66. The summed E-state index contributed by atoms with van der Waals surface area (Å²) < 4.78 is 10.7. The van der Waals surface area contributed by atoms with Gasteiger partial charge in [0.25, 0.3) is 5.91 Å². The summed E-state index contributed by atoms with van der Waals surface area (Å²) in [5.41, 5.74) is 7.38. The molecule has 8 nitrogen and oxygen atoms in total. The van der Waals surface area contributed by atoms with E-state index in [1.54, 1.807) is 49.4 Å². The van der Waals surface area contributed by atoms with Crippen molar-refractivity contribution in [2.75, 3.05) is 7.11 Å². The smallest absolute Gasteiger partial charge is 0.268 e. The van der Waals surface area contributed by atoms with Gasteiger partial charge < -0.3 is 20.0 Å². The number of hydrogen-bond acceptors (Lipinski definition) is 7. The molecule has 0 saturated carbocycles. The van der Waals surface area contributed by atoms with Crippen LogP contribution in [0.3, 0.4) is 0 Å². The van der Waals surface area contributed by atoms with Gasteiger partial charge in [0, 0.05) is 16.5 Å². The zero-order valence-electron chi connectivity index (χ0n) is 17.9. The van der Waals surface area contributed by atoms with Crippen LogP contribution in [0.15, 0.2) is 53.1 Å². The number of fused-ring (bicyclic) bond motifs is 1. The number of aliphatic hydroxyl groups is 1. The van der Waals surface area contributed by atoms with Crippen LogP contribution < -0.4 is 10.5 Å². The summed E-state index contributed by atoms with van der Waals surface area (Å²) in [6.07, 6.45) is 8.36. The predicted octanol–water partition coefficient (Wildman–Crippen LogP) is 3.04. The number of aromatic nitrogens is 3. The molecule has 0 aliphatic carbocycles. The number of oxazole rings is 1. The molecule has 0 aliphatic rings. The van der Waals surface area contributed by atoms with E-state index in [4.69, 9.17) is 14.9 Å². The number of terminal acetylenes is 1. The summed E-state index contributed by atoms with van der Waals surface area (Å²) in [4.78, 5) is 24.9. The first-order chi connectivity index (χ1) is 16.0. The van der Waals surface area contributed by atoms with Gasteiger partial charge in [0.2, 0.25) is 5.89 Å². The summed E-state index contributed by atoms with van der Waals surface area (Å²) >= 11 is 0. The third-order valence-electron chi connectivity index (χ3n) is 4.49. The fourth-order valence-electron chi connectivity index (χ4n) is 3.06. The van der Waals surface area contributed by atoms with Crippen molar-refractivity contribution in [2.45, 2.75) is 13.0 Å². The molecule has 1 amide bonds. The molecule has 2 aromatic carbocycles. The second-order valence-electron chi connectivity index (χ2n) is 6.68. The minimum absolute atomic E-state index is 0.102. The number of carbonyl (C=O) groups is 1. The van der Waals surface area contributed by atoms with Crippen LogP contribution in [0.25, 0.3) is 22.3 Å².